The summed E-state index contributed by atoms with van der Waals surface area (Å²) in [6.45, 7) is 0.363. The highest BCUT2D eigenvalue weighted by atomic mass is 16.3. The van der Waals surface area contributed by atoms with E-state index in [-0.39, 0.29) is 0 Å². The summed E-state index contributed by atoms with van der Waals surface area (Å²) in [5.74, 6) is 0.907. The minimum atomic E-state index is -0.584. The van der Waals surface area contributed by atoms with Gasteiger partial charge in [0.15, 0.2) is 0 Å². The van der Waals surface area contributed by atoms with Crippen LogP contribution in [0.25, 0.3) is 0 Å². The third-order valence-electron chi connectivity index (χ3n) is 2.31. The molecule has 0 saturated heterocycles. The van der Waals surface area contributed by atoms with Gasteiger partial charge in [-0.1, -0.05) is 30.3 Å². The second kappa shape index (κ2) is 5.27. The predicted octanol–water partition coefficient (Wildman–Crippen LogP) is 1.20. The van der Waals surface area contributed by atoms with Crippen LogP contribution in [-0.4, -0.2) is 21.6 Å². The van der Waals surface area contributed by atoms with Crippen molar-refractivity contribution in [3.63, 3.8) is 0 Å². The Balaban J connectivity index is 1.95. The molecule has 1 atom stereocenters. The number of benzene rings is 1. The Morgan fingerprint density at radius 2 is 2.00 bits per heavy atom. The highest BCUT2D eigenvalue weighted by Crippen LogP contribution is 2.13. The fourth-order valence-electron chi connectivity index (χ4n) is 1.46. The lowest BCUT2D eigenvalue weighted by Gasteiger charge is -2.12. The maximum Gasteiger partial charge on any atom is 0.147 e. The molecule has 0 amide bonds. The van der Waals surface area contributed by atoms with Gasteiger partial charge in [-0.2, -0.15) is 0 Å². The zero-order valence-electron chi connectivity index (χ0n) is 9.24. The molecular formula is C12H14N4O. The monoisotopic (exact) mass is 230 g/mol. The number of nitrogens with two attached hydrogens (primary N) is 1. The van der Waals surface area contributed by atoms with Gasteiger partial charge in [-0.05, 0) is 5.56 Å². The molecule has 17 heavy (non-hydrogen) atoms. The molecule has 2 aromatic rings. The molecule has 0 aliphatic rings. The summed E-state index contributed by atoms with van der Waals surface area (Å²) in [5.41, 5.74) is 6.36. The van der Waals surface area contributed by atoms with Crippen LogP contribution in [0.15, 0.2) is 42.7 Å². The van der Waals surface area contributed by atoms with Crippen LogP contribution in [0.5, 0.6) is 0 Å². The Morgan fingerprint density at radius 3 is 2.71 bits per heavy atom. The summed E-state index contributed by atoms with van der Waals surface area (Å²) in [4.78, 5) is 7.94. The van der Waals surface area contributed by atoms with Gasteiger partial charge < -0.3 is 16.2 Å². The van der Waals surface area contributed by atoms with Crippen molar-refractivity contribution in [2.24, 2.45) is 0 Å². The SMILES string of the molecule is Nc1cncc(NCC(O)c2ccccc2)n1. The van der Waals surface area contributed by atoms with Crippen LogP contribution in [0, 0.1) is 0 Å². The molecule has 1 heterocycles. The number of aromatic nitrogens is 2. The average molecular weight is 230 g/mol. The molecule has 2 rings (SSSR count). The van der Waals surface area contributed by atoms with Crippen LogP contribution in [0.3, 0.4) is 0 Å². The number of rotatable bonds is 4. The molecule has 5 nitrogen and oxygen atoms in total. The van der Waals surface area contributed by atoms with Gasteiger partial charge in [0.05, 0.1) is 18.5 Å². The van der Waals surface area contributed by atoms with Gasteiger partial charge >= 0.3 is 0 Å². The molecule has 5 heteroatoms. The summed E-state index contributed by atoms with van der Waals surface area (Å²) in [7, 11) is 0. The molecule has 1 unspecified atom stereocenters. The van der Waals surface area contributed by atoms with Crippen molar-refractivity contribution < 1.29 is 5.11 Å². The zero-order valence-corrected chi connectivity index (χ0v) is 9.24. The molecule has 0 aliphatic carbocycles. The zero-order chi connectivity index (χ0) is 12.1. The van der Waals surface area contributed by atoms with Crippen molar-refractivity contribution >= 4 is 11.6 Å². The van der Waals surface area contributed by atoms with Crippen LogP contribution >= 0.6 is 0 Å². The molecule has 0 bridgehead atoms. The lowest BCUT2D eigenvalue weighted by Crippen LogP contribution is -2.13. The third kappa shape index (κ3) is 3.15. The van der Waals surface area contributed by atoms with Crippen LogP contribution in [0.2, 0.25) is 0 Å². The lowest BCUT2D eigenvalue weighted by atomic mass is 10.1. The highest BCUT2D eigenvalue weighted by Gasteiger charge is 2.06. The number of hydrogen-bond acceptors (Lipinski definition) is 5. The lowest BCUT2D eigenvalue weighted by molar-refractivity contribution is 0.191. The second-order valence-corrected chi connectivity index (χ2v) is 3.64. The number of nitrogens with one attached hydrogen (secondary N) is 1. The molecule has 0 fully saturated rings. The van der Waals surface area contributed by atoms with Gasteiger partial charge in [0.2, 0.25) is 0 Å². The molecule has 0 aliphatic heterocycles. The number of aliphatic hydroxyl groups is 1. The number of aliphatic hydroxyl groups excluding tert-OH is 1. The molecule has 0 radical (unpaired) electrons. The van der Waals surface area contributed by atoms with E-state index in [1.165, 1.54) is 6.20 Å². The Labute approximate surface area is 99.3 Å². The van der Waals surface area contributed by atoms with Gasteiger partial charge in [-0.15, -0.1) is 0 Å². The maximum absolute atomic E-state index is 9.91. The van der Waals surface area contributed by atoms with Crippen LogP contribution in [0.1, 0.15) is 11.7 Å². The van der Waals surface area contributed by atoms with Crippen molar-refractivity contribution in [2.45, 2.75) is 6.10 Å². The topological polar surface area (TPSA) is 84.1 Å². The van der Waals surface area contributed by atoms with Gasteiger partial charge in [-0.25, -0.2) is 4.98 Å². The fraction of sp³-hybridized carbons (Fsp3) is 0.167. The molecule has 0 saturated carbocycles. The van der Waals surface area contributed by atoms with Gasteiger partial charge in [0.1, 0.15) is 11.6 Å². The van der Waals surface area contributed by atoms with E-state index in [1.54, 1.807) is 6.20 Å². The first-order chi connectivity index (χ1) is 8.25. The second-order valence-electron chi connectivity index (χ2n) is 3.64. The van der Waals surface area contributed by atoms with Crippen molar-refractivity contribution in [3.8, 4) is 0 Å². The van der Waals surface area contributed by atoms with Crippen LogP contribution in [0.4, 0.5) is 11.6 Å². The molecule has 88 valence electrons. The number of hydrogen-bond donors (Lipinski definition) is 3. The van der Waals surface area contributed by atoms with Crippen molar-refractivity contribution in [1.29, 1.82) is 0 Å². The Kier molecular flexibility index (Phi) is 3.52. The minimum Gasteiger partial charge on any atom is -0.387 e. The largest absolute Gasteiger partial charge is 0.387 e. The van der Waals surface area contributed by atoms with Crippen molar-refractivity contribution in [2.75, 3.05) is 17.6 Å². The molecule has 1 aromatic heterocycles. The van der Waals surface area contributed by atoms with E-state index in [2.05, 4.69) is 15.3 Å². The van der Waals surface area contributed by atoms with E-state index in [0.29, 0.717) is 18.2 Å². The summed E-state index contributed by atoms with van der Waals surface area (Å²) >= 11 is 0. The van der Waals surface area contributed by atoms with Crippen molar-refractivity contribution in [3.05, 3.63) is 48.3 Å². The van der Waals surface area contributed by atoms with Crippen molar-refractivity contribution in [1.82, 2.24) is 9.97 Å². The van der Waals surface area contributed by atoms with Gasteiger partial charge in [0.25, 0.3) is 0 Å². The molecule has 1 aromatic carbocycles. The molecular weight excluding hydrogens is 216 g/mol. The minimum absolute atomic E-state index is 0.351. The first-order valence-corrected chi connectivity index (χ1v) is 5.30. The van der Waals surface area contributed by atoms with E-state index in [0.717, 1.165) is 5.56 Å². The smallest absolute Gasteiger partial charge is 0.147 e. The van der Waals surface area contributed by atoms with Gasteiger partial charge in [-0.3, -0.25) is 4.98 Å². The highest BCUT2D eigenvalue weighted by molar-refractivity contribution is 5.38. The van der Waals surface area contributed by atoms with E-state index in [4.69, 9.17) is 5.73 Å². The Hall–Kier alpha value is -2.14. The summed E-state index contributed by atoms with van der Waals surface area (Å²) in [6.07, 6.45) is 2.45. The van der Waals surface area contributed by atoms with E-state index in [1.807, 2.05) is 30.3 Å². The van der Waals surface area contributed by atoms with E-state index < -0.39 is 6.10 Å². The van der Waals surface area contributed by atoms with Gasteiger partial charge in [0, 0.05) is 6.54 Å². The number of nitrogens with zero attached hydrogens (tertiary/aromatic N) is 2. The summed E-state index contributed by atoms with van der Waals surface area (Å²) in [6, 6.07) is 9.43. The normalized spacial score (nSPS) is 12.1. The quantitative estimate of drug-likeness (QED) is 0.735. The Morgan fingerprint density at radius 1 is 1.24 bits per heavy atom. The third-order valence-corrected chi connectivity index (χ3v) is 2.31. The van der Waals surface area contributed by atoms with E-state index in [9.17, 15) is 5.11 Å². The van der Waals surface area contributed by atoms with Crippen LogP contribution < -0.4 is 11.1 Å². The first kappa shape index (κ1) is 11.3. The fourth-order valence-corrected chi connectivity index (χ4v) is 1.46. The number of anilines is 2. The Bertz CT molecular complexity index is 475. The predicted molar refractivity (Wildman–Crippen MR) is 66.3 cm³/mol. The molecule has 4 N–H and O–H groups in total. The van der Waals surface area contributed by atoms with E-state index >= 15 is 0 Å². The first-order valence-electron chi connectivity index (χ1n) is 5.30. The molecule has 0 spiro atoms. The summed E-state index contributed by atoms with van der Waals surface area (Å²) in [5, 5.41) is 12.9. The number of nitrogen functional groups attached to an aromatic ring is 1. The summed E-state index contributed by atoms with van der Waals surface area (Å²) < 4.78 is 0. The standard InChI is InChI=1S/C12H14N4O/c13-11-7-14-8-12(16-11)15-6-10(17)9-4-2-1-3-5-9/h1-5,7-8,10,17H,6H2,(H3,13,15,16). The average Bonchev–Trinajstić information content (AvgIpc) is 2.37. The maximum atomic E-state index is 9.91. The van der Waals surface area contributed by atoms with Crippen LogP contribution in [-0.2, 0) is 0 Å².